The molecule has 1 atom stereocenters. The van der Waals surface area contributed by atoms with Gasteiger partial charge in [0.05, 0.1) is 11.9 Å². The van der Waals surface area contributed by atoms with Gasteiger partial charge in [-0.2, -0.15) is 0 Å². The smallest absolute Gasteiger partial charge is 0.211 e. The van der Waals surface area contributed by atoms with Crippen LogP contribution in [0.15, 0.2) is 0 Å². The molecule has 5 nitrogen and oxygen atoms in total. The highest BCUT2D eigenvalue weighted by Gasteiger charge is 2.18. The van der Waals surface area contributed by atoms with Crippen LogP contribution < -0.4 is 10.0 Å². The predicted octanol–water partition coefficient (Wildman–Crippen LogP) is 0.0844. The average Bonchev–Trinajstić information content (AvgIpc) is 2.75. The zero-order valence-electron chi connectivity index (χ0n) is 9.87. The maximum Gasteiger partial charge on any atom is 0.211 e. The standard InChI is InChI=1S/C10H22N2O3S/c1-11-6-2-3-8-16(13,14)12-9-10-5-4-7-15-10/h10-12H,2-9H2,1H3. The van der Waals surface area contributed by atoms with Crippen LogP contribution in [0.2, 0.25) is 0 Å². The van der Waals surface area contributed by atoms with E-state index < -0.39 is 10.0 Å². The van der Waals surface area contributed by atoms with Crippen molar-refractivity contribution in [2.75, 3.05) is 32.5 Å². The van der Waals surface area contributed by atoms with E-state index in [4.69, 9.17) is 4.74 Å². The van der Waals surface area contributed by atoms with Gasteiger partial charge >= 0.3 is 0 Å². The minimum absolute atomic E-state index is 0.0760. The zero-order valence-corrected chi connectivity index (χ0v) is 10.7. The Morgan fingerprint density at radius 1 is 1.38 bits per heavy atom. The molecule has 1 aliphatic heterocycles. The summed E-state index contributed by atoms with van der Waals surface area (Å²) in [5.74, 6) is 0.210. The Labute approximate surface area is 98.0 Å². The molecule has 2 N–H and O–H groups in total. The highest BCUT2D eigenvalue weighted by Crippen LogP contribution is 2.10. The molecule has 0 aromatic carbocycles. The van der Waals surface area contributed by atoms with Gasteiger partial charge in [0.25, 0.3) is 0 Å². The van der Waals surface area contributed by atoms with Crippen molar-refractivity contribution in [3.05, 3.63) is 0 Å². The summed E-state index contributed by atoms with van der Waals surface area (Å²) >= 11 is 0. The van der Waals surface area contributed by atoms with Gasteiger partial charge in [0, 0.05) is 13.2 Å². The summed E-state index contributed by atoms with van der Waals surface area (Å²) in [6.45, 7) is 2.05. The second-order valence-electron chi connectivity index (χ2n) is 4.11. The lowest BCUT2D eigenvalue weighted by atomic mass is 10.2. The Morgan fingerprint density at radius 3 is 2.81 bits per heavy atom. The van der Waals surface area contributed by atoms with Gasteiger partial charge in [0.15, 0.2) is 0 Å². The Balaban J connectivity index is 2.12. The molecular formula is C10H22N2O3S. The Hall–Kier alpha value is -0.170. The largest absolute Gasteiger partial charge is 0.377 e. The molecule has 0 radical (unpaired) electrons. The summed E-state index contributed by atoms with van der Waals surface area (Å²) in [4.78, 5) is 0. The molecule has 0 spiro atoms. The molecular weight excluding hydrogens is 228 g/mol. The minimum atomic E-state index is -3.11. The number of unbranched alkanes of at least 4 members (excludes halogenated alkanes) is 1. The van der Waals surface area contributed by atoms with E-state index in [-0.39, 0.29) is 11.9 Å². The third-order valence-electron chi connectivity index (χ3n) is 2.64. The molecule has 1 unspecified atom stereocenters. The highest BCUT2D eigenvalue weighted by atomic mass is 32.2. The number of nitrogens with one attached hydrogen (secondary N) is 2. The third-order valence-corrected chi connectivity index (χ3v) is 4.08. The molecule has 1 fully saturated rings. The van der Waals surface area contributed by atoms with Crippen molar-refractivity contribution in [2.45, 2.75) is 31.8 Å². The van der Waals surface area contributed by atoms with Gasteiger partial charge in [-0.05, 0) is 39.3 Å². The molecule has 0 saturated carbocycles. The van der Waals surface area contributed by atoms with E-state index in [1.165, 1.54) is 0 Å². The summed E-state index contributed by atoms with van der Waals surface area (Å²) in [6, 6.07) is 0. The van der Waals surface area contributed by atoms with Crippen LogP contribution >= 0.6 is 0 Å². The van der Waals surface area contributed by atoms with Crippen LogP contribution in [-0.2, 0) is 14.8 Å². The number of ether oxygens (including phenoxy) is 1. The first-order valence-electron chi connectivity index (χ1n) is 5.87. The fraction of sp³-hybridized carbons (Fsp3) is 1.00. The topological polar surface area (TPSA) is 67.4 Å². The minimum Gasteiger partial charge on any atom is -0.377 e. The van der Waals surface area contributed by atoms with Gasteiger partial charge in [0.2, 0.25) is 10.0 Å². The summed E-state index contributed by atoms with van der Waals surface area (Å²) in [6.07, 6.45) is 3.66. The maximum atomic E-state index is 11.6. The molecule has 0 amide bonds. The lowest BCUT2D eigenvalue weighted by molar-refractivity contribution is 0.114. The normalized spacial score (nSPS) is 21.4. The SMILES string of the molecule is CNCCCCS(=O)(=O)NCC1CCCO1. The zero-order chi connectivity index (χ0) is 11.9. The monoisotopic (exact) mass is 250 g/mol. The molecule has 1 saturated heterocycles. The van der Waals surface area contributed by atoms with Crippen LogP contribution in [0.3, 0.4) is 0 Å². The highest BCUT2D eigenvalue weighted by molar-refractivity contribution is 7.89. The molecule has 1 aliphatic rings. The molecule has 0 bridgehead atoms. The average molecular weight is 250 g/mol. The summed E-state index contributed by atoms with van der Waals surface area (Å²) in [7, 11) is -1.24. The Morgan fingerprint density at radius 2 is 2.19 bits per heavy atom. The third kappa shape index (κ3) is 5.79. The van der Waals surface area contributed by atoms with Crippen LogP contribution in [0.4, 0.5) is 0 Å². The van der Waals surface area contributed by atoms with E-state index in [0.717, 1.165) is 32.4 Å². The van der Waals surface area contributed by atoms with Crippen LogP contribution in [0.25, 0.3) is 0 Å². The van der Waals surface area contributed by atoms with E-state index in [2.05, 4.69) is 10.0 Å². The number of hydrogen-bond acceptors (Lipinski definition) is 4. The van der Waals surface area contributed by atoms with Crippen molar-refractivity contribution in [1.82, 2.24) is 10.0 Å². The van der Waals surface area contributed by atoms with Crippen molar-refractivity contribution < 1.29 is 13.2 Å². The van der Waals surface area contributed by atoms with Crippen LogP contribution in [0.5, 0.6) is 0 Å². The fourth-order valence-corrected chi connectivity index (χ4v) is 2.86. The molecule has 96 valence electrons. The first-order valence-corrected chi connectivity index (χ1v) is 7.53. The van der Waals surface area contributed by atoms with Crippen LogP contribution in [-0.4, -0.2) is 47.0 Å². The molecule has 0 aromatic heterocycles. The van der Waals surface area contributed by atoms with Crippen molar-refractivity contribution in [3.63, 3.8) is 0 Å². The first-order chi connectivity index (χ1) is 7.64. The summed E-state index contributed by atoms with van der Waals surface area (Å²) in [5.41, 5.74) is 0. The van der Waals surface area contributed by atoms with Gasteiger partial charge in [-0.1, -0.05) is 0 Å². The lowest BCUT2D eigenvalue weighted by Crippen LogP contribution is -2.33. The number of sulfonamides is 1. The van der Waals surface area contributed by atoms with E-state index in [9.17, 15) is 8.42 Å². The molecule has 0 aromatic rings. The van der Waals surface area contributed by atoms with E-state index >= 15 is 0 Å². The van der Waals surface area contributed by atoms with Crippen LogP contribution in [0.1, 0.15) is 25.7 Å². The number of rotatable bonds is 8. The van der Waals surface area contributed by atoms with Crippen molar-refractivity contribution in [2.24, 2.45) is 0 Å². The van der Waals surface area contributed by atoms with Crippen molar-refractivity contribution >= 4 is 10.0 Å². The molecule has 0 aliphatic carbocycles. The van der Waals surface area contributed by atoms with Gasteiger partial charge in [-0.15, -0.1) is 0 Å². The Kier molecular flexibility index (Phi) is 6.26. The molecule has 6 heteroatoms. The first kappa shape index (κ1) is 13.9. The molecule has 1 heterocycles. The van der Waals surface area contributed by atoms with E-state index in [1.807, 2.05) is 7.05 Å². The second-order valence-corrected chi connectivity index (χ2v) is 6.04. The van der Waals surface area contributed by atoms with Crippen LogP contribution in [0, 0.1) is 0 Å². The predicted molar refractivity (Wildman–Crippen MR) is 63.9 cm³/mol. The quantitative estimate of drug-likeness (QED) is 0.599. The van der Waals surface area contributed by atoms with Crippen molar-refractivity contribution in [3.8, 4) is 0 Å². The fourth-order valence-electron chi connectivity index (χ4n) is 1.69. The van der Waals surface area contributed by atoms with Gasteiger partial charge < -0.3 is 10.1 Å². The lowest BCUT2D eigenvalue weighted by Gasteiger charge is -2.11. The van der Waals surface area contributed by atoms with E-state index in [0.29, 0.717) is 13.0 Å². The van der Waals surface area contributed by atoms with Gasteiger partial charge in [0.1, 0.15) is 0 Å². The number of hydrogen-bond donors (Lipinski definition) is 2. The van der Waals surface area contributed by atoms with Crippen molar-refractivity contribution in [1.29, 1.82) is 0 Å². The molecule has 16 heavy (non-hydrogen) atoms. The maximum absolute atomic E-state index is 11.6. The summed E-state index contributed by atoms with van der Waals surface area (Å²) < 4.78 is 31.1. The Bertz CT molecular complexity index is 274. The molecule has 1 rings (SSSR count). The van der Waals surface area contributed by atoms with Gasteiger partial charge in [-0.3, -0.25) is 0 Å². The second kappa shape index (κ2) is 7.21. The summed E-state index contributed by atoms with van der Waals surface area (Å²) in [5, 5.41) is 3.00. The van der Waals surface area contributed by atoms with E-state index in [1.54, 1.807) is 0 Å². The van der Waals surface area contributed by atoms with Gasteiger partial charge in [-0.25, -0.2) is 13.1 Å².